The first kappa shape index (κ1) is 15.6. The molecule has 1 amide bonds. The van der Waals surface area contributed by atoms with Crippen LogP contribution in [0.25, 0.3) is 5.82 Å². The highest BCUT2D eigenvalue weighted by molar-refractivity contribution is 5.79. The number of likely N-dealkylation sites (N-methyl/N-ethyl adjacent to an activating group) is 1. The molecule has 122 valence electrons. The van der Waals surface area contributed by atoms with E-state index < -0.39 is 0 Å². The quantitative estimate of drug-likeness (QED) is 0.848. The van der Waals surface area contributed by atoms with E-state index in [0.717, 1.165) is 36.7 Å². The summed E-state index contributed by atoms with van der Waals surface area (Å²) in [5.74, 6) is 1.75. The fourth-order valence-electron chi connectivity index (χ4n) is 3.00. The van der Waals surface area contributed by atoms with Crippen LogP contribution >= 0.6 is 0 Å². The van der Waals surface area contributed by atoms with Crippen molar-refractivity contribution >= 4 is 5.91 Å². The number of rotatable bonds is 4. The van der Waals surface area contributed by atoms with Crippen molar-refractivity contribution in [2.45, 2.75) is 25.8 Å². The molecule has 1 fully saturated rings. The lowest BCUT2D eigenvalue weighted by Crippen LogP contribution is -2.37. The first-order valence-corrected chi connectivity index (χ1v) is 7.82. The van der Waals surface area contributed by atoms with Crippen LogP contribution in [0.2, 0.25) is 0 Å². The molecule has 23 heavy (non-hydrogen) atoms. The molecule has 0 spiro atoms. The zero-order valence-corrected chi connectivity index (χ0v) is 13.8. The third-order valence-corrected chi connectivity index (χ3v) is 4.08. The molecule has 3 heterocycles. The van der Waals surface area contributed by atoms with Gasteiger partial charge in [-0.05, 0) is 33.9 Å². The number of carbonyl (C=O) groups excluding carboxylic acids is 1. The Morgan fingerprint density at radius 3 is 2.91 bits per heavy atom. The number of nitrogens with zero attached hydrogens (tertiary/aromatic N) is 6. The molecular formula is C16H22N6O. The summed E-state index contributed by atoms with van der Waals surface area (Å²) in [5, 5.41) is 0. The van der Waals surface area contributed by atoms with E-state index in [2.05, 4.69) is 9.97 Å². The first-order valence-electron chi connectivity index (χ1n) is 7.82. The molecule has 2 aromatic heterocycles. The van der Waals surface area contributed by atoms with Crippen LogP contribution in [-0.4, -0.2) is 62.4 Å². The minimum absolute atomic E-state index is 0.0127. The van der Waals surface area contributed by atoms with E-state index in [1.807, 2.05) is 41.6 Å². The highest BCUT2D eigenvalue weighted by atomic mass is 16.2. The minimum atomic E-state index is 0.0127. The van der Waals surface area contributed by atoms with E-state index in [1.165, 1.54) is 0 Å². The van der Waals surface area contributed by atoms with Crippen LogP contribution in [0, 0.1) is 6.92 Å². The number of carbonyl (C=O) groups is 1. The van der Waals surface area contributed by atoms with Gasteiger partial charge in [-0.15, -0.1) is 0 Å². The Morgan fingerprint density at radius 2 is 2.22 bits per heavy atom. The molecule has 1 atom stereocenters. The van der Waals surface area contributed by atoms with Crippen molar-refractivity contribution in [1.82, 2.24) is 29.3 Å². The summed E-state index contributed by atoms with van der Waals surface area (Å²) >= 11 is 0. The average molecular weight is 314 g/mol. The van der Waals surface area contributed by atoms with Crippen LogP contribution < -0.4 is 0 Å². The van der Waals surface area contributed by atoms with Crippen LogP contribution in [0.15, 0.2) is 24.8 Å². The lowest BCUT2D eigenvalue weighted by atomic mass is 10.1. The summed E-state index contributed by atoms with van der Waals surface area (Å²) in [6, 6.07) is 0.0127. The van der Waals surface area contributed by atoms with E-state index >= 15 is 0 Å². The summed E-state index contributed by atoms with van der Waals surface area (Å²) in [4.78, 5) is 29.5. The lowest BCUT2D eigenvalue weighted by Gasteiger charge is -2.25. The van der Waals surface area contributed by atoms with Gasteiger partial charge in [-0.25, -0.2) is 9.97 Å². The number of hydrogen-bond donors (Lipinski definition) is 0. The monoisotopic (exact) mass is 314 g/mol. The summed E-state index contributed by atoms with van der Waals surface area (Å²) in [5.41, 5.74) is 0.847. The molecular weight excluding hydrogens is 292 g/mol. The Morgan fingerprint density at radius 1 is 1.39 bits per heavy atom. The maximum absolute atomic E-state index is 12.4. The lowest BCUT2D eigenvalue weighted by molar-refractivity contribution is -0.132. The number of aromatic nitrogens is 4. The molecule has 1 aliphatic rings. The van der Waals surface area contributed by atoms with Crippen LogP contribution in [-0.2, 0) is 4.79 Å². The molecule has 1 saturated heterocycles. The predicted molar refractivity (Wildman–Crippen MR) is 86.1 cm³/mol. The zero-order chi connectivity index (χ0) is 16.4. The van der Waals surface area contributed by atoms with Crippen molar-refractivity contribution in [2.24, 2.45) is 0 Å². The molecule has 1 aliphatic heterocycles. The van der Waals surface area contributed by atoms with Crippen LogP contribution in [0.4, 0.5) is 0 Å². The Labute approximate surface area is 136 Å². The molecule has 1 unspecified atom stereocenters. The molecule has 0 N–H and O–H groups in total. The van der Waals surface area contributed by atoms with E-state index in [0.29, 0.717) is 6.54 Å². The largest absolute Gasteiger partial charge is 0.333 e. The van der Waals surface area contributed by atoms with Crippen LogP contribution in [0.5, 0.6) is 0 Å². The number of amides is 1. The maximum atomic E-state index is 12.4. The third kappa shape index (κ3) is 3.24. The maximum Gasteiger partial charge on any atom is 0.237 e. The van der Waals surface area contributed by atoms with Gasteiger partial charge in [-0.1, -0.05) is 0 Å². The molecule has 0 bridgehead atoms. The molecule has 0 saturated carbocycles. The zero-order valence-electron chi connectivity index (χ0n) is 13.8. The summed E-state index contributed by atoms with van der Waals surface area (Å²) < 4.78 is 1.90. The second kappa shape index (κ2) is 6.45. The highest BCUT2D eigenvalue weighted by Gasteiger charge is 2.31. The summed E-state index contributed by atoms with van der Waals surface area (Å²) in [7, 11) is 3.82. The van der Waals surface area contributed by atoms with Crippen molar-refractivity contribution in [2.75, 3.05) is 27.2 Å². The van der Waals surface area contributed by atoms with E-state index in [4.69, 9.17) is 4.98 Å². The van der Waals surface area contributed by atoms with Crippen molar-refractivity contribution in [3.63, 3.8) is 0 Å². The van der Waals surface area contributed by atoms with E-state index in [1.54, 1.807) is 18.6 Å². The van der Waals surface area contributed by atoms with Gasteiger partial charge in [0.25, 0.3) is 0 Å². The number of aryl methyl sites for hydroxylation is 1. The van der Waals surface area contributed by atoms with E-state index in [9.17, 15) is 4.79 Å². The third-order valence-electron chi connectivity index (χ3n) is 4.08. The van der Waals surface area contributed by atoms with Crippen molar-refractivity contribution < 1.29 is 4.79 Å². The van der Waals surface area contributed by atoms with Crippen molar-refractivity contribution in [3.05, 3.63) is 36.3 Å². The Kier molecular flexibility index (Phi) is 4.38. The van der Waals surface area contributed by atoms with Gasteiger partial charge in [-0.3, -0.25) is 14.3 Å². The number of likely N-dealkylation sites (tertiary alicyclic amines) is 1. The number of imidazole rings is 1. The topological polar surface area (TPSA) is 67.2 Å². The second-order valence-electron chi connectivity index (χ2n) is 6.13. The van der Waals surface area contributed by atoms with Crippen LogP contribution in [0.1, 0.15) is 30.4 Å². The Hall–Kier alpha value is -2.28. The fourth-order valence-corrected chi connectivity index (χ4v) is 3.00. The Balaban J connectivity index is 1.86. The molecule has 7 heteroatoms. The minimum Gasteiger partial charge on any atom is -0.333 e. The molecule has 2 aromatic rings. The SMILES string of the molecule is Cc1nccn1-c1cncc(C2CCCN2C(=O)CN(C)C)n1. The van der Waals surface area contributed by atoms with Gasteiger partial charge in [0, 0.05) is 18.9 Å². The molecule has 0 radical (unpaired) electrons. The first-order chi connectivity index (χ1) is 11.1. The molecule has 7 nitrogen and oxygen atoms in total. The van der Waals surface area contributed by atoms with Gasteiger partial charge in [-0.2, -0.15) is 0 Å². The molecule has 3 rings (SSSR count). The van der Waals surface area contributed by atoms with Gasteiger partial charge in [0.15, 0.2) is 5.82 Å². The standard InChI is InChI=1S/C16H22N6O/c1-12-18-6-8-21(12)15-10-17-9-13(19-15)14-5-4-7-22(14)16(23)11-20(2)3/h6,8-10,14H,4-5,7,11H2,1-3H3. The van der Waals surface area contributed by atoms with Crippen molar-refractivity contribution in [3.8, 4) is 5.82 Å². The fraction of sp³-hybridized carbons (Fsp3) is 0.500. The normalized spacial score (nSPS) is 17.9. The van der Waals surface area contributed by atoms with Crippen molar-refractivity contribution in [1.29, 1.82) is 0 Å². The van der Waals surface area contributed by atoms with E-state index in [-0.39, 0.29) is 11.9 Å². The van der Waals surface area contributed by atoms with Crippen LogP contribution in [0.3, 0.4) is 0 Å². The Bertz CT molecular complexity index is 695. The van der Waals surface area contributed by atoms with Gasteiger partial charge in [0.1, 0.15) is 5.82 Å². The molecule has 0 aromatic carbocycles. The van der Waals surface area contributed by atoms with Gasteiger partial charge in [0.2, 0.25) is 5.91 Å². The summed E-state index contributed by atoms with van der Waals surface area (Å²) in [6.45, 7) is 3.13. The average Bonchev–Trinajstić information content (AvgIpc) is 3.15. The second-order valence-corrected chi connectivity index (χ2v) is 6.13. The van der Waals surface area contributed by atoms with Gasteiger partial charge in [0.05, 0.1) is 30.7 Å². The van der Waals surface area contributed by atoms with Gasteiger partial charge >= 0.3 is 0 Å². The summed E-state index contributed by atoms with van der Waals surface area (Å²) in [6.07, 6.45) is 9.03. The smallest absolute Gasteiger partial charge is 0.237 e. The molecule has 0 aliphatic carbocycles. The number of hydrogen-bond acceptors (Lipinski definition) is 5. The van der Waals surface area contributed by atoms with Gasteiger partial charge < -0.3 is 9.80 Å². The highest BCUT2D eigenvalue weighted by Crippen LogP contribution is 2.30. The predicted octanol–water partition coefficient (Wildman–Crippen LogP) is 1.20.